The van der Waals surface area contributed by atoms with E-state index < -0.39 is 0 Å². The number of carbonyl (C=O) groups excluding carboxylic acids is 1. The third kappa shape index (κ3) is 3.36. The van der Waals surface area contributed by atoms with Gasteiger partial charge in [-0.3, -0.25) is 0 Å². The molecule has 0 radical (unpaired) electrons. The SMILES string of the molecule is Cc1cc(C2CCCN2C(=O)NC(C)c2cccc(F)c2)on1. The molecule has 2 unspecified atom stereocenters. The standard InChI is InChI=1S/C17H20FN3O2/c1-11-9-16(23-20-11)15-7-4-8-21(15)17(22)19-12(2)13-5-3-6-14(18)10-13/h3,5-6,9-10,12,15H,4,7-8H2,1-2H3,(H,19,22). The van der Waals surface area contributed by atoms with Crippen LogP contribution in [0.3, 0.4) is 0 Å². The minimum atomic E-state index is -0.306. The van der Waals surface area contributed by atoms with Crippen LogP contribution >= 0.6 is 0 Å². The monoisotopic (exact) mass is 317 g/mol. The molecular formula is C17H20FN3O2. The molecule has 0 bridgehead atoms. The summed E-state index contributed by atoms with van der Waals surface area (Å²) in [5.74, 6) is 0.411. The largest absolute Gasteiger partial charge is 0.359 e. The van der Waals surface area contributed by atoms with Gasteiger partial charge in [0.05, 0.1) is 17.8 Å². The summed E-state index contributed by atoms with van der Waals surface area (Å²) in [6, 6.07) is 7.61. The number of hydrogen-bond acceptors (Lipinski definition) is 3. The highest BCUT2D eigenvalue weighted by molar-refractivity contribution is 5.75. The van der Waals surface area contributed by atoms with Crippen LogP contribution in [0.2, 0.25) is 0 Å². The summed E-state index contributed by atoms with van der Waals surface area (Å²) in [5, 5.41) is 6.83. The number of benzene rings is 1. The Labute approximate surface area is 134 Å². The fourth-order valence-electron chi connectivity index (χ4n) is 2.97. The minimum Gasteiger partial charge on any atom is -0.359 e. The average Bonchev–Trinajstić information content (AvgIpc) is 3.15. The zero-order valence-electron chi connectivity index (χ0n) is 13.3. The van der Waals surface area contributed by atoms with Gasteiger partial charge in [0.15, 0.2) is 5.76 Å². The van der Waals surface area contributed by atoms with Crippen molar-refractivity contribution in [3.63, 3.8) is 0 Å². The molecule has 1 aromatic carbocycles. The van der Waals surface area contributed by atoms with Crippen molar-refractivity contribution in [1.82, 2.24) is 15.4 Å². The second-order valence-electron chi connectivity index (χ2n) is 5.95. The Morgan fingerprint density at radius 3 is 3.00 bits per heavy atom. The summed E-state index contributed by atoms with van der Waals surface area (Å²) < 4.78 is 18.6. The maximum atomic E-state index is 13.3. The van der Waals surface area contributed by atoms with Crippen LogP contribution in [-0.2, 0) is 0 Å². The normalized spacial score (nSPS) is 18.9. The van der Waals surface area contributed by atoms with E-state index in [1.807, 2.05) is 19.9 Å². The first-order valence-electron chi connectivity index (χ1n) is 7.80. The first kappa shape index (κ1) is 15.5. The van der Waals surface area contributed by atoms with Crippen LogP contribution in [0.4, 0.5) is 9.18 Å². The molecule has 2 amide bonds. The number of rotatable bonds is 3. The van der Waals surface area contributed by atoms with Crippen molar-refractivity contribution in [3.8, 4) is 0 Å². The van der Waals surface area contributed by atoms with Gasteiger partial charge < -0.3 is 14.7 Å². The van der Waals surface area contributed by atoms with Crippen molar-refractivity contribution in [1.29, 1.82) is 0 Å². The van der Waals surface area contributed by atoms with E-state index in [4.69, 9.17) is 4.52 Å². The molecule has 1 aromatic heterocycles. The van der Waals surface area contributed by atoms with Crippen molar-refractivity contribution in [2.75, 3.05) is 6.54 Å². The second-order valence-corrected chi connectivity index (χ2v) is 5.95. The molecule has 122 valence electrons. The molecule has 1 fully saturated rings. The zero-order chi connectivity index (χ0) is 16.4. The number of nitrogens with zero attached hydrogens (tertiary/aromatic N) is 2. The highest BCUT2D eigenvalue weighted by atomic mass is 19.1. The van der Waals surface area contributed by atoms with E-state index in [9.17, 15) is 9.18 Å². The highest BCUT2D eigenvalue weighted by Crippen LogP contribution is 2.32. The molecule has 3 rings (SSSR count). The van der Waals surface area contributed by atoms with Gasteiger partial charge in [0.2, 0.25) is 0 Å². The molecule has 1 aliphatic rings. The molecule has 0 aliphatic carbocycles. The van der Waals surface area contributed by atoms with Crippen LogP contribution in [-0.4, -0.2) is 22.6 Å². The summed E-state index contributed by atoms with van der Waals surface area (Å²) in [5.41, 5.74) is 1.55. The van der Waals surface area contributed by atoms with E-state index in [2.05, 4.69) is 10.5 Å². The van der Waals surface area contributed by atoms with Crippen molar-refractivity contribution < 1.29 is 13.7 Å². The smallest absolute Gasteiger partial charge is 0.318 e. The topological polar surface area (TPSA) is 58.4 Å². The molecule has 23 heavy (non-hydrogen) atoms. The lowest BCUT2D eigenvalue weighted by molar-refractivity contribution is 0.179. The Bertz CT molecular complexity index is 701. The number of amides is 2. The van der Waals surface area contributed by atoms with Crippen molar-refractivity contribution in [2.45, 2.75) is 38.8 Å². The second kappa shape index (κ2) is 6.40. The number of hydrogen-bond donors (Lipinski definition) is 1. The lowest BCUT2D eigenvalue weighted by Gasteiger charge is -2.25. The van der Waals surface area contributed by atoms with Crippen molar-refractivity contribution in [2.24, 2.45) is 0 Å². The van der Waals surface area contributed by atoms with Crippen molar-refractivity contribution >= 4 is 6.03 Å². The highest BCUT2D eigenvalue weighted by Gasteiger charge is 2.33. The van der Waals surface area contributed by atoms with Gasteiger partial charge in [-0.2, -0.15) is 0 Å². The maximum absolute atomic E-state index is 13.3. The predicted molar refractivity (Wildman–Crippen MR) is 83.3 cm³/mol. The molecule has 1 aliphatic heterocycles. The minimum absolute atomic E-state index is 0.0871. The Morgan fingerprint density at radius 2 is 2.30 bits per heavy atom. The Balaban J connectivity index is 1.69. The van der Waals surface area contributed by atoms with E-state index >= 15 is 0 Å². The number of aromatic nitrogens is 1. The van der Waals surface area contributed by atoms with Crippen LogP contribution in [0.15, 0.2) is 34.9 Å². The summed E-state index contributed by atoms with van der Waals surface area (Å²) in [6.45, 7) is 4.38. The lowest BCUT2D eigenvalue weighted by atomic mass is 10.1. The summed E-state index contributed by atoms with van der Waals surface area (Å²) in [4.78, 5) is 14.3. The Hall–Kier alpha value is -2.37. The number of likely N-dealkylation sites (tertiary alicyclic amines) is 1. The molecule has 2 heterocycles. The predicted octanol–water partition coefficient (Wildman–Crippen LogP) is 3.73. The molecule has 0 spiro atoms. The van der Waals surface area contributed by atoms with E-state index in [0.29, 0.717) is 12.3 Å². The third-order valence-corrected chi connectivity index (χ3v) is 4.18. The summed E-state index contributed by atoms with van der Waals surface area (Å²) in [7, 11) is 0. The summed E-state index contributed by atoms with van der Waals surface area (Å²) >= 11 is 0. The average molecular weight is 317 g/mol. The maximum Gasteiger partial charge on any atom is 0.318 e. The quantitative estimate of drug-likeness (QED) is 0.938. The molecule has 2 aromatic rings. The number of aryl methyl sites for hydroxylation is 1. The molecule has 1 saturated heterocycles. The Morgan fingerprint density at radius 1 is 1.48 bits per heavy atom. The van der Waals surface area contributed by atoms with E-state index in [-0.39, 0.29) is 23.9 Å². The van der Waals surface area contributed by atoms with Crippen molar-refractivity contribution in [3.05, 3.63) is 53.2 Å². The van der Waals surface area contributed by atoms with Gasteiger partial charge in [0, 0.05) is 12.6 Å². The van der Waals surface area contributed by atoms with Crippen LogP contribution in [0.1, 0.15) is 48.9 Å². The van der Waals surface area contributed by atoms with Crippen LogP contribution in [0, 0.1) is 12.7 Å². The number of halogens is 1. The number of nitrogens with one attached hydrogen (secondary N) is 1. The van der Waals surface area contributed by atoms with E-state index in [0.717, 1.165) is 24.1 Å². The molecule has 2 atom stereocenters. The van der Waals surface area contributed by atoms with Gasteiger partial charge in [-0.1, -0.05) is 17.3 Å². The summed E-state index contributed by atoms with van der Waals surface area (Å²) in [6.07, 6.45) is 1.78. The van der Waals surface area contributed by atoms with E-state index in [1.54, 1.807) is 17.0 Å². The first-order valence-corrected chi connectivity index (χ1v) is 7.80. The zero-order valence-corrected chi connectivity index (χ0v) is 13.3. The van der Waals surface area contributed by atoms with Gasteiger partial charge in [-0.05, 0) is 44.4 Å². The number of urea groups is 1. The molecule has 6 heteroatoms. The van der Waals surface area contributed by atoms with E-state index in [1.165, 1.54) is 12.1 Å². The number of carbonyl (C=O) groups is 1. The van der Waals surface area contributed by atoms with Gasteiger partial charge in [-0.25, -0.2) is 9.18 Å². The van der Waals surface area contributed by atoms with Crippen LogP contribution < -0.4 is 5.32 Å². The van der Waals surface area contributed by atoms with Crippen LogP contribution in [0.5, 0.6) is 0 Å². The molecule has 1 N–H and O–H groups in total. The molecule has 5 nitrogen and oxygen atoms in total. The van der Waals surface area contributed by atoms with Crippen LogP contribution in [0.25, 0.3) is 0 Å². The molecular weight excluding hydrogens is 297 g/mol. The lowest BCUT2D eigenvalue weighted by Crippen LogP contribution is -2.40. The molecule has 0 saturated carbocycles. The fraction of sp³-hybridized carbons (Fsp3) is 0.412. The van der Waals surface area contributed by atoms with Gasteiger partial charge in [-0.15, -0.1) is 0 Å². The fourth-order valence-corrected chi connectivity index (χ4v) is 2.97. The first-order chi connectivity index (χ1) is 11.0. The van der Waals surface area contributed by atoms with Gasteiger partial charge >= 0.3 is 6.03 Å². The Kier molecular flexibility index (Phi) is 4.32. The van der Waals surface area contributed by atoms with Gasteiger partial charge in [0.25, 0.3) is 0 Å². The third-order valence-electron chi connectivity index (χ3n) is 4.18. The van der Waals surface area contributed by atoms with Gasteiger partial charge in [0.1, 0.15) is 5.82 Å².